The Balaban J connectivity index is 4.77. The molecule has 0 saturated heterocycles. The lowest BCUT2D eigenvalue weighted by Crippen LogP contribution is -2.48. The number of hydrogen-bond acceptors (Lipinski definition) is 3. The molecule has 8 heteroatoms. The molecule has 0 bridgehead atoms. The third kappa shape index (κ3) is 10.0. The summed E-state index contributed by atoms with van der Waals surface area (Å²) in [5.74, 6) is -1.08. The summed E-state index contributed by atoms with van der Waals surface area (Å²) in [5.41, 5.74) is -0.224. The molecule has 21 heavy (non-hydrogen) atoms. The van der Waals surface area contributed by atoms with Gasteiger partial charge in [-0.1, -0.05) is 20.8 Å². The molecule has 6 nitrogen and oxygen atoms in total. The standard InChI is InChI=1S/C13H24F2N2O4/c1-13(2,3)7-9(6-11(19)20)16-12(21)17(4-5-18)8-10(14)15/h9-10,18H,4-8H2,1-3H3,(H,16,21)(H,19,20). The number of amides is 2. The van der Waals surface area contributed by atoms with Crippen molar-refractivity contribution in [1.82, 2.24) is 10.2 Å². The molecule has 0 aromatic heterocycles. The molecule has 0 aliphatic carbocycles. The van der Waals surface area contributed by atoms with Crippen molar-refractivity contribution < 1.29 is 28.6 Å². The predicted molar refractivity (Wildman–Crippen MR) is 73.3 cm³/mol. The van der Waals surface area contributed by atoms with Gasteiger partial charge in [-0.15, -0.1) is 0 Å². The van der Waals surface area contributed by atoms with Gasteiger partial charge in [0, 0.05) is 12.6 Å². The number of urea groups is 1. The third-order valence-electron chi connectivity index (χ3n) is 2.62. The van der Waals surface area contributed by atoms with Gasteiger partial charge < -0.3 is 20.4 Å². The second-order valence-corrected chi connectivity index (χ2v) is 6.07. The van der Waals surface area contributed by atoms with Gasteiger partial charge in [0.05, 0.1) is 19.6 Å². The molecular formula is C13H24F2N2O4. The van der Waals surface area contributed by atoms with Crippen LogP contribution < -0.4 is 5.32 Å². The van der Waals surface area contributed by atoms with Crippen LogP contribution in [-0.4, -0.2) is 59.3 Å². The van der Waals surface area contributed by atoms with E-state index >= 15 is 0 Å². The van der Waals surface area contributed by atoms with Gasteiger partial charge in [0.1, 0.15) is 0 Å². The van der Waals surface area contributed by atoms with E-state index in [1.807, 2.05) is 20.8 Å². The monoisotopic (exact) mass is 310 g/mol. The highest BCUT2D eigenvalue weighted by Crippen LogP contribution is 2.22. The number of alkyl halides is 2. The number of nitrogens with zero attached hydrogens (tertiary/aromatic N) is 1. The number of carbonyl (C=O) groups excluding carboxylic acids is 1. The number of carboxylic acids is 1. The molecule has 124 valence electrons. The van der Waals surface area contributed by atoms with Gasteiger partial charge >= 0.3 is 12.0 Å². The number of aliphatic carboxylic acids is 1. The summed E-state index contributed by atoms with van der Waals surface area (Å²) in [6.07, 6.45) is -2.61. The van der Waals surface area contributed by atoms with Crippen molar-refractivity contribution in [3.05, 3.63) is 0 Å². The van der Waals surface area contributed by atoms with Crippen LogP contribution >= 0.6 is 0 Å². The molecule has 0 spiro atoms. The molecule has 0 rings (SSSR count). The summed E-state index contributed by atoms with van der Waals surface area (Å²) in [6, 6.07) is -1.45. The van der Waals surface area contributed by atoms with Crippen LogP contribution in [0.2, 0.25) is 0 Å². The highest BCUT2D eigenvalue weighted by atomic mass is 19.3. The van der Waals surface area contributed by atoms with Crippen molar-refractivity contribution in [2.45, 2.75) is 46.1 Å². The average Bonchev–Trinajstić information content (AvgIpc) is 2.24. The maximum Gasteiger partial charge on any atom is 0.317 e. The minimum absolute atomic E-state index is 0.224. The van der Waals surface area contributed by atoms with Crippen LogP contribution in [0.4, 0.5) is 13.6 Å². The fourth-order valence-corrected chi connectivity index (χ4v) is 1.95. The van der Waals surface area contributed by atoms with Gasteiger partial charge in [-0.3, -0.25) is 4.79 Å². The Kier molecular flexibility index (Phi) is 8.16. The van der Waals surface area contributed by atoms with E-state index in [2.05, 4.69) is 5.32 Å². The van der Waals surface area contributed by atoms with Crippen LogP contribution in [0.1, 0.15) is 33.6 Å². The number of halogens is 2. The molecule has 1 atom stereocenters. The van der Waals surface area contributed by atoms with Crippen molar-refractivity contribution in [1.29, 1.82) is 0 Å². The Labute approximate surface area is 123 Å². The summed E-state index contributed by atoms with van der Waals surface area (Å²) in [6.45, 7) is 4.19. The molecule has 0 radical (unpaired) electrons. The zero-order valence-electron chi connectivity index (χ0n) is 12.6. The molecule has 0 aliphatic heterocycles. The van der Waals surface area contributed by atoms with Crippen LogP contribution in [0.25, 0.3) is 0 Å². The Morgan fingerprint density at radius 3 is 2.24 bits per heavy atom. The maximum absolute atomic E-state index is 12.4. The second-order valence-electron chi connectivity index (χ2n) is 6.07. The smallest absolute Gasteiger partial charge is 0.317 e. The third-order valence-corrected chi connectivity index (χ3v) is 2.62. The molecule has 0 aromatic carbocycles. The number of aliphatic hydroxyl groups excluding tert-OH is 1. The van der Waals surface area contributed by atoms with Crippen LogP contribution in [0.5, 0.6) is 0 Å². The van der Waals surface area contributed by atoms with Gasteiger partial charge in [-0.25, -0.2) is 13.6 Å². The molecule has 0 aliphatic rings. The summed E-state index contributed by atoms with van der Waals surface area (Å²) in [4.78, 5) is 23.5. The van der Waals surface area contributed by atoms with Crippen molar-refractivity contribution in [2.24, 2.45) is 5.41 Å². The Hall–Kier alpha value is -1.44. The van der Waals surface area contributed by atoms with Crippen LogP contribution in [0, 0.1) is 5.41 Å². The molecule has 0 saturated carbocycles. The first-order valence-electron chi connectivity index (χ1n) is 6.71. The lowest BCUT2D eigenvalue weighted by Gasteiger charge is -2.29. The van der Waals surface area contributed by atoms with Crippen LogP contribution in [-0.2, 0) is 4.79 Å². The average molecular weight is 310 g/mol. The number of hydrogen-bond donors (Lipinski definition) is 3. The normalized spacial score (nSPS) is 13.1. The summed E-state index contributed by atoms with van der Waals surface area (Å²) < 4.78 is 24.8. The van der Waals surface area contributed by atoms with Gasteiger partial charge in [0.15, 0.2) is 0 Å². The molecule has 1 unspecified atom stereocenters. The Morgan fingerprint density at radius 2 is 1.86 bits per heavy atom. The SMILES string of the molecule is CC(C)(C)CC(CC(=O)O)NC(=O)N(CCO)CC(F)F. The fraction of sp³-hybridized carbons (Fsp3) is 0.846. The van der Waals surface area contributed by atoms with E-state index in [4.69, 9.17) is 10.2 Å². The summed E-state index contributed by atoms with van der Waals surface area (Å²) in [5, 5.41) is 20.1. The number of aliphatic hydroxyl groups is 1. The van der Waals surface area contributed by atoms with E-state index in [0.29, 0.717) is 6.42 Å². The fourth-order valence-electron chi connectivity index (χ4n) is 1.95. The van der Waals surface area contributed by atoms with Gasteiger partial charge in [-0.05, 0) is 11.8 Å². The van der Waals surface area contributed by atoms with Crippen LogP contribution in [0.15, 0.2) is 0 Å². The van der Waals surface area contributed by atoms with Crippen LogP contribution in [0.3, 0.4) is 0 Å². The topological polar surface area (TPSA) is 89.9 Å². The second kappa shape index (κ2) is 8.76. The first-order valence-corrected chi connectivity index (χ1v) is 6.71. The molecule has 3 N–H and O–H groups in total. The van der Waals surface area contributed by atoms with Crippen molar-refractivity contribution in [3.8, 4) is 0 Å². The Morgan fingerprint density at radius 1 is 1.29 bits per heavy atom. The van der Waals surface area contributed by atoms with E-state index in [-0.39, 0.29) is 18.4 Å². The maximum atomic E-state index is 12.4. The minimum Gasteiger partial charge on any atom is -0.481 e. The van der Waals surface area contributed by atoms with E-state index in [9.17, 15) is 18.4 Å². The molecule has 2 amide bonds. The highest BCUT2D eigenvalue weighted by Gasteiger charge is 2.25. The lowest BCUT2D eigenvalue weighted by atomic mass is 9.87. The molecule has 0 fully saturated rings. The number of carbonyl (C=O) groups is 2. The highest BCUT2D eigenvalue weighted by molar-refractivity contribution is 5.76. The van der Waals surface area contributed by atoms with Gasteiger partial charge in [0.25, 0.3) is 6.43 Å². The first kappa shape index (κ1) is 19.6. The molecular weight excluding hydrogens is 286 g/mol. The van der Waals surface area contributed by atoms with Gasteiger partial charge in [0.2, 0.25) is 0 Å². The predicted octanol–water partition coefficient (Wildman–Crippen LogP) is 1.53. The number of rotatable bonds is 8. The largest absolute Gasteiger partial charge is 0.481 e. The number of carboxylic acid groups (broad SMARTS) is 1. The van der Waals surface area contributed by atoms with E-state index in [0.717, 1.165) is 4.90 Å². The number of nitrogens with one attached hydrogen (secondary N) is 1. The quantitative estimate of drug-likeness (QED) is 0.634. The summed E-state index contributed by atoms with van der Waals surface area (Å²) >= 11 is 0. The first-order chi connectivity index (χ1) is 9.55. The zero-order valence-corrected chi connectivity index (χ0v) is 12.6. The molecule has 0 heterocycles. The van der Waals surface area contributed by atoms with Gasteiger partial charge in [-0.2, -0.15) is 0 Å². The van der Waals surface area contributed by atoms with E-state index in [1.165, 1.54) is 0 Å². The minimum atomic E-state index is -2.72. The van der Waals surface area contributed by atoms with E-state index < -0.39 is 37.6 Å². The van der Waals surface area contributed by atoms with Crippen molar-refractivity contribution in [3.63, 3.8) is 0 Å². The summed E-state index contributed by atoms with van der Waals surface area (Å²) in [7, 11) is 0. The van der Waals surface area contributed by atoms with E-state index in [1.54, 1.807) is 0 Å². The lowest BCUT2D eigenvalue weighted by molar-refractivity contribution is -0.137. The van der Waals surface area contributed by atoms with Crippen molar-refractivity contribution in [2.75, 3.05) is 19.7 Å². The Bertz CT molecular complexity index is 346. The van der Waals surface area contributed by atoms with Crippen molar-refractivity contribution >= 4 is 12.0 Å². The molecule has 0 aromatic rings. The zero-order chi connectivity index (χ0) is 16.6.